The molecule has 21 heavy (non-hydrogen) atoms. The van der Waals surface area contributed by atoms with Crippen LogP contribution in [0, 0.1) is 31.6 Å². The van der Waals surface area contributed by atoms with Crippen molar-refractivity contribution in [3.63, 3.8) is 0 Å². The highest BCUT2D eigenvalue weighted by molar-refractivity contribution is 9.10. The minimum atomic E-state index is -0.278. The van der Waals surface area contributed by atoms with E-state index in [4.69, 9.17) is 0 Å². The van der Waals surface area contributed by atoms with E-state index in [1.807, 2.05) is 0 Å². The van der Waals surface area contributed by atoms with E-state index in [-0.39, 0.29) is 6.10 Å². The first-order chi connectivity index (χ1) is 10.1. The Balaban J connectivity index is 1.76. The number of fused-ring (bicyclic) bond motifs is 1. The third-order valence-corrected chi connectivity index (χ3v) is 6.75. The molecule has 3 rings (SSSR count). The second-order valence-corrected chi connectivity index (χ2v) is 8.13. The zero-order chi connectivity index (χ0) is 15.0. The van der Waals surface area contributed by atoms with Gasteiger partial charge in [0.1, 0.15) is 0 Å². The SMILES string of the molecule is Cc1cc(C(O)C2CCC3CCCCC3C2)c(C)cc1Br. The first-order valence-corrected chi connectivity index (χ1v) is 9.30. The third-order valence-electron chi connectivity index (χ3n) is 5.89. The number of benzene rings is 1. The molecule has 2 saturated carbocycles. The Bertz CT molecular complexity index is 511. The van der Waals surface area contributed by atoms with Crippen molar-refractivity contribution in [1.29, 1.82) is 0 Å². The summed E-state index contributed by atoms with van der Waals surface area (Å²) in [4.78, 5) is 0. The van der Waals surface area contributed by atoms with Crippen LogP contribution in [0.2, 0.25) is 0 Å². The van der Waals surface area contributed by atoms with Crippen LogP contribution in [0.5, 0.6) is 0 Å². The number of hydrogen-bond acceptors (Lipinski definition) is 1. The highest BCUT2D eigenvalue weighted by Gasteiger charge is 2.35. The monoisotopic (exact) mass is 350 g/mol. The van der Waals surface area contributed by atoms with Gasteiger partial charge in [-0.1, -0.05) is 47.7 Å². The van der Waals surface area contributed by atoms with E-state index in [1.54, 1.807) is 0 Å². The molecular formula is C19H27BrO. The van der Waals surface area contributed by atoms with Crippen molar-refractivity contribution < 1.29 is 5.11 Å². The van der Waals surface area contributed by atoms with Crippen LogP contribution in [-0.4, -0.2) is 5.11 Å². The van der Waals surface area contributed by atoms with E-state index in [9.17, 15) is 5.11 Å². The summed E-state index contributed by atoms with van der Waals surface area (Å²) in [6.07, 6.45) is 9.16. The van der Waals surface area contributed by atoms with Gasteiger partial charge in [0.15, 0.2) is 0 Å². The first-order valence-electron chi connectivity index (χ1n) is 8.51. The van der Waals surface area contributed by atoms with Gasteiger partial charge in [-0.3, -0.25) is 0 Å². The predicted octanol–water partition coefficient (Wildman–Crippen LogP) is 5.71. The minimum absolute atomic E-state index is 0.278. The second-order valence-electron chi connectivity index (χ2n) is 7.28. The van der Waals surface area contributed by atoms with Crippen molar-refractivity contribution in [2.45, 2.75) is 64.9 Å². The van der Waals surface area contributed by atoms with Gasteiger partial charge in [0.05, 0.1) is 6.10 Å². The van der Waals surface area contributed by atoms with Crippen LogP contribution in [0.25, 0.3) is 0 Å². The van der Waals surface area contributed by atoms with Gasteiger partial charge in [0, 0.05) is 4.47 Å². The summed E-state index contributed by atoms with van der Waals surface area (Å²) >= 11 is 3.59. The van der Waals surface area contributed by atoms with Gasteiger partial charge in [-0.05, 0) is 73.6 Å². The molecule has 2 heteroatoms. The molecule has 4 atom stereocenters. The average molecular weight is 351 g/mol. The summed E-state index contributed by atoms with van der Waals surface area (Å²) in [7, 11) is 0. The molecule has 0 bridgehead atoms. The molecule has 1 aromatic rings. The van der Waals surface area contributed by atoms with Crippen molar-refractivity contribution in [3.8, 4) is 0 Å². The summed E-state index contributed by atoms with van der Waals surface area (Å²) in [5, 5.41) is 10.9. The lowest BCUT2D eigenvalue weighted by Crippen LogP contribution is -2.30. The fourth-order valence-corrected chi connectivity index (χ4v) is 5.03. The summed E-state index contributed by atoms with van der Waals surface area (Å²) in [6.45, 7) is 4.23. The van der Waals surface area contributed by atoms with E-state index in [1.165, 1.54) is 56.1 Å². The number of aliphatic hydroxyl groups excluding tert-OH is 1. The van der Waals surface area contributed by atoms with Crippen LogP contribution in [0.3, 0.4) is 0 Å². The summed E-state index contributed by atoms with van der Waals surface area (Å²) in [5.74, 6) is 2.29. The standard InChI is InChI=1S/C19H27BrO/c1-12-10-18(20)13(2)9-17(12)19(21)16-8-7-14-5-3-4-6-15(14)11-16/h9-10,14-16,19,21H,3-8,11H2,1-2H3. The van der Waals surface area contributed by atoms with Crippen molar-refractivity contribution in [2.75, 3.05) is 0 Å². The third kappa shape index (κ3) is 3.22. The van der Waals surface area contributed by atoms with Crippen LogP contribution in [0.4, 0.5) is 0 Å². The minimum Gasteiger partial charge on any atom is -0.388 e. The lowest BCUT2D eigenvalue weighted by molar-refractivity contribution is 0.0345. The highest BCUT2D eigenvalue weighted by Crippen LogP contribution is 2.46. The molecule has 0 amide bonds. The molecular weight excluding hydrogens is 324 g/mol. The summed E-state index contributed by atoms with van der Waals surface area (Å²) < 4.78 is 1.15. The van der Waals surface area contributed by atoms with Gasteiger partial charge < -0.3 is 5.11 Å². The molecule has 1 N–H and O–H groups in total. The number of aryl methyl sites for hydroxylation is 2. The number of halogens is 1. The Hall–Kier alpha value is -0.340. The van der Waals surface area contributed by atoms with Crippen LogP contribution in [-0.2, 0) is 0 Å². The Morgan fingerprint density at radius 2 is 1.71 bits per heavy atom. The molecule has 0 spiro atoms. The van der Waals surface area contributed by atoms with Gasteiger partial charge in [0.2, 0.25) is 0 Å². The maximum atomic E-state index is 10.9. The molecule has 1 aromatic carbocycles. The molecule has 116 valence electrons. The lowest BCUT2D eigenvalue weighted by Gasteiger charge is -2.41. The van der Waals surface area contributed by atoms with Crippen molar-refractivity contribution >= 4 is 15.9 Å². The molecule has 0 aromatic heterocycles. The number of rotatable bonds is 2. The Morgan fingerprint density at radius 1 is 1.00 bits per heavy atom. The zero-order valence-corrected chi connectivity index (χ0v) is 14.8. The van der Waals surface area contributed by atoms with Gasteiger partial charge in [0.25, 0.3) is 0 Å². The quantitative estimate of drug-likeness (QED) is 0.724. The Kier molecular flexibility index (Phi) is 4.75. The molecule has 2 fully saturated rings. The topological polar surface area (TPSA) is 20.2 Å². The number of aliphatic hydroxyl groups is 1. The average Bonchev–Trinajstić information content (AvgIpc) is 2.50. The van der Waals surface area contributed by atoms with E-state index >= 15 is 0 Å². The zero-order valence-electron chi connectivity index (χ0n) is 13.2. The maximum Gasteiger partial charge on any atom is 0.0820 e. The van der Waals surface area contributed by atoms with Crippen LogP contribution < -0.4 is 0 Å². The van der Waals surface area contributed by atoms with Gasteiger partial charge in [-0.25, -0.2) is 0 Å². The van der Waals surface area contributed by atoms with Crippen LogP contribution in [0.15, 0.2) is 16.6 Å². The summed E-state index contributed by atoms with van der Waals surface area (Å²) in [6, 6.07) is 4.33. The fourth-order valence-electron chi connectivity index (χ4n) is 4.57. The van der Waals surface area contributed by atoms with Gasteiger partial charge in [-0.2, -0.15) is 0 Å². The Morgan fingerprint density at radius 3 is 2.48 bits per heavy atom. The van der Waals surface area contributed by atoms with Crippen molar-refractivity contribution in [3.05, 3.63) is 33.3 Å². The lowest BCUT2D eigenvalue weighted by atomic mass is 9.66. The van der Waals surface area contributed by atoms with E-state index in [0.29, 0.717) is 5.92 Å². The molecule has 2 aliphatic carbocycles. The molecule has 0 heterocycles. The van der Waals surface area contributed by atoms with Gasteiger partial charge in [-0.15, -0.1) is 0 Å². The second kappa shape index (κ2) is 6.42. The maximum absolute atomic E-state index is 10.9. The highest BCUT2D eigenvalue weighted by atomic mass is 79.9. The van der Waals surface area contributed by atoms with Crippen molar-refractivity contribution in [1.82, 2.24) is 0 Å². The largest absolute Gasteiger partial charge is 0.388 e. The smallest absolute Gasteiger partial charge is 0.0820 e. The van der Waals surface area contributed by atoms with Crippen molar-refractivity contribution in [2.24, 2.45) is 17.8 Å². The molecule has 0 radical (unpaired) electrons. The van der Waals surface area contributed by atoms with Crippen LogP contribution in [0.1, 0.15) is 67.7 Å². The first kappa shape index (κ1) is 15.6. The fraction of sp³-hybridized carbons (Fsp3) is 0.684. The molecule has 4 unspecified atom stereocenters. The molecule has 2 aliphatic rings. The molecule has 1 nitrogen and oxygen atoms in total. The Labute approximate surface area is 137 Å². The van der Waals surface area contributed by atoms with E-state index < -0.39 is 0 Å². The van der Waals surface area contributed by atoms with E-state index in [2.05, 4.69) is 41.9 Å². The van der Waals surface area contributed by atoms with E-state index in [0.717, 1.165) is 21.9 Å². The normalized spacial score (nSPS) is 30.8. The number of hydrogen-bond donors (Lipinski definition) is 1. The van der Waals surface area contributed by atoms with Gasteiger partial charge >= 0.3 is 0 Å². The van der Waals surface area contributed by atoms with Crippen LogP contribution >= 0.6 is 15.9 Å². The molecule has 0 saturated heterocycles. The summed E-state index contributed by atoms with van der Waals surface area (Å²) in [5.41, 5.74) is 3.58. The molecule has 0 aliphatic heterocycles. The predicted molar refractivity (Wildman–Crippen MR) is 91.4 cm³/mol.